The van der Waals surface area contributed by atoms with Crippen LogP contribution in [0.25, 0.3) is 10.2 Å². The standard InChI is InChI=1S/C16H18N6OS/c23-14-5-4-13(20-21-14)22-7-2-1-3-11(22)9-17-15-12-6-8-24-16(12)19-10-18-15/h4-6,8,10-11H,1-3,7,9H2,(H,21,23)(H,17,18,19). The van der Waals surface area contributed by atoms with Gasteiger partial charge in [0.05, 0.1) is 5.39 Å². The highest BCUT2D eigenvalue weighted by Gasteiger charge is 2.24. The second-order valence-corrected chi connectivity index (χ2v) is 6.76. The minimum atomic E-state index is -0.175. The van der Waals surface area contributed by atoms with Crippen LogP contribution in [0.1, 0.15) is 19.3 Å². The van der Waals surface area contributed by atoms with E-state index in [1.165, 1.54) is 12.5 Å². The smallest absolute Gasteiger partial charge is 0.264 e. The van der Waals surface area contributed by atoms with Crippen LogP contribution in [0.3, 0.4) is 0 Å². The SMILES string of the molecule is O=c1ccc(N2CCCCC2CNc2ncnc3sccc23)n[nH]1. The number of fused-ring (bicyclic) bond motifs is 1. The number of nitrogens with one attached hydrogen (secondary N) is 2. The van der Waals surface area contributed by atoms with Gasteiger partial charge in [-0.1, -0.05) is 0 Å². The monoisotopic (exact) mass is 342 g/mol. The Hall–Kier alpha value is -2.48. The van der Waals surface area contributed by atoms with E-state index in [0.717, 1.165) is 47.8 Å². The van der Waals surface area contributed by atoms with Crippen molar-refractivity contribution in [1.29, 1.82) is 0 Å². The van der Waals surface area contributed by atoms with Gasteiger partial charge in [-0.3, -0.25) is 4.79 Å². The van der Waals surface area contributed by atoms with Gasteiger partial charge in [-0.05, 0) is 36.8 Å². The Morgan fingerprint density at radius 2 is 2.25 bits per heavy atom. The second kappa shape index (κ2) is 6.56. The lowest BCUT2D eigenvalue weighted by Crippen LogP contribution is -2.44. The first kappa shape index (κ1) is 15.1. The summed E-state index contributed by atoms with van der Waals surface area (Å²) in [4.78, 5) is 23.1. The third-order valence-corrected chi connectivity index (χ3v) is 5.17. The van der Waals surface area contributed by atoms with Crippen molar-refractivity contribution in [3.05, 3.63) is 40.3 Å². The lowest BCUT2D eigenvalue weighted by Gasteiger charge is -2.36. The zero-order chi connectivity index (χ0) is 16.4. The second-order valence-electron chi connectivity index (χ2n) is 5.86. The highest BCUT2D eigenvalue weighted by Crippen LogP contribution is 2.26. The van der Waals surface area contributed by atoms with E-state index in [2.05, 4.69) is 30.4 Å². The number of rotatable bonds is 4. The maximum Gasteiger partial charge on any atom is 0.264 e. The minimum Gasteiger partial charge on any atom is -0.367 e. The summed E-state index contributed by atoms with van der Waals surface area (Å²) in [6, 6.07) is 5.69. The summed E-state index contributed by atoms with van der Waals surface area (Å²) in [6.45, 7) is 1.73. The molecule has 1 fully saturated rings. The van der Waals surface area contributed by atoms with Crippen LogP contribution in [-0.2, 0) is 0 Å². The van der Waals surface area contributed by atoms with E-state index >= 15 is 0 Å². The zero-order valence-electron chi connectivity index (χ0n) is 13.1. The van der Waals surface area contributed by atoms with Crippen LogP contribution in [0.15, 0.2) is 34.7 Å². The number of nitrogens with zero attached hydrogens (tertiary/aromatic N) is 4. The number of anilines is 2. The van der Waals surface area contributed by atoms with Gasteiger partial charge in [-0.25, -0.2) is 15.1 Å². The Bertz CT molecular complexity index is 871. The number of hydrogen-bond acceptors (Lipinski definition) is 7. The van der Waals surface area contributed by atoms with Crippen LogP contribution < -0.4 is 15.8 Å². The average molecular weight is 342 g/mol. The number of hydrogen-bond donors (Lipinski definition) is 2. The molecule has 7 nitrogen and oxygen atoms in total. The van der Waals surface area contributed by atoms with Crippen molar-refractivity contribution >= 4 is 33.2 Å². The van der Waals surface area contributed by atoms with E-state index in [0.29, 0.717) is 6.04 Å². The van der Waals surface area contributed by atoms with E-state index in [4.69, 9.17) is 0 Å². The van der Waals surface area contributed by atoms with Crippen LogP contribution in [-0.4, -0.2) is 39.3 Å². The average Bonchev–Trinajstić information content (AvgIpc) is 3.10. The lowest BCUT2D eigenvalue weighted by molar-refractivity contribution is 0.467. The molecular weight excluding hydrogens is 324 g/mol. The number of aromatic amines is 1. The van der Waals surface area contributed by atoms with Crippen molar-refractivity contribution in [2.24, 2.45) is 0 Å². The maximum absolute atomic E-state index is 11.2. The summed E-state index contributed by atoms with van der Waals surface area (Å²) in [7, 11) is 0. The molecule has 0 saturated carbocycles. The maximum atomic E-state index is 11.2. The normalized spacial score (nSPS) is 18.0. The molecule has 0 aliphatic carbocycles. The molecule has 1 saturated heterocycles. The van der Waals surface area contributed by atoms with Crippen molar-refractivity contribution < 1.29 is 0 Å². The van der Waals surface area contributed by atoms with Crippen LogP contribution in [0, 0.1) is 0 Å². The molecule has 24 heavy (non-hydrogen) atoms. The van der Waals surface area contributed by atoms with Gasteiger partial charge in [-0.15, -0.1) is 11.3 Å². The molecule has 4 heterocycles. The highest BCUT2D eigenvalue weighted by atomic mass is 32.1. The number of H-pyrrole nitrogens is 1. The van der Waals surface area contributed by atoms with Crippen LogP contribution >= 0.6 is 11.3 Å². The van der Waals surface area contributed by atoms with Crippen molar-refractivity contribution in [3.8, 4) is 0 Å². The van der Waals surface area contributed by atoms with Gasteiger partial charge in [0.2, 0.25) is 0 Å². The molecule has 1 aliphatic rings. The summed E-state index contributed by atoms with van der Waals surface area (Å²) < 4.78 is 0. The molecule has 1 atom stereocenters. The molecule has 0 spiro atoms. The van der Waals surface area contributed by atoms with Crippen molar-refractivity contribution in [1.82, 2.24) is 20.2 Å². The van der Waals surface area contributed by atoms with Gasteiger partial charge < -0.3 is 10.2 Å². The number of aromatic nitrogens is 4. The third kappa shape index (κ3) is 2.96. The Morgan fingerprint density at radius 3 is 3.12 bits per heavy atom. The van der Waals surface area contributed by atoms with Gasteiger partial charge in [0.15, 0.2) is 0 Å². The van der Waals surface area contributed by atoms with Crippen LogP contribution in [0.5, 0.6) is 0 Å². The fourth-order valence-electron chi connectivity index (χ4n) is 3.16. The molecule has 1 unspecified atom stereocenters. The Morgan fingerprint density at radius 1 is 1.29 bits per heavy atom. The van der Waals surface area contributed by atoms with Gasteiger partial charge in [0, 0.05) is 25.2 Å². The summed E-state index contributed by atoms with van der Waals surface area (Å²) in [5.41, 5.74) is -0.175. The predicted molar refractivity (Wildman–Crippen MR) is 95.7 cm³/mol. The number of piperidine rings is 1. The summed E-state index contributed by atoms with van der Waals surface area (Å²) in [6.07, 6.45) is 5.03. The first-order chi connectivity index (χ1) is 11.8. The largest absolute Gasteiger partial charge is 0.367 e. The molecule has 4 rings (SSSR count). The molecule has 0 radical (unpaired) electrons. The molecular formula is C16H18N6OS. The van der Waals surface area contributed by atoms with Gasteiger partial charge in [0.25, 0.3) is 5.56 Å². The fourth-order valence-corrected chi connectivity index (χ4v) is 3.89. The molecule has 0 amide bonds. The molecule has 124 valence electrons. The Balaban J connectivity index is 1.52. The molecule has 0 bridgehead atoms. The molecule has 8 heteroatoms. The lowest BCUT2D eigenvalue weighted by atomic mass is 10.0. The van der Waals surface area contributed by atoms with Crippen molar-refractivity contribution in [2.45, 2.75) is 25.3 Å². The van der Waals surface area contributed by atoms with Crippen LogP contribution in [0.2, 0.25) is 0 Å². The van der Waals surface area contributed by atoms with E-state index in [9.17, 15) is 4.79 Å². The summed E-state index contributed by atoms with van der Waals surface area (Å²) in [5, 5.41) is 13.3. The van der Waals surface area contributed by atoms with Gasteiger partial charge >= 0.3 is 0 Å². The molecule has 0 aromatic carbocycles. The van der Waals surface area contributed by atoms with Crippen molar-refractivity contribution in [2.75, 3.05) is 23.3 Å². The van der Waals surface area contributed by atoms with Crippen molar-refractivity contribution in [3.63, 3.8) is 0 Å². The number of thiophene rings is 1. The third-order valence-electron chi connectivity index (χ3n) is 4.35. The first-order valence-electron chi connectivity index (χ1n) is 8.06. The minimum absolute atomic E-state index is 0.175. The van der Waals surface area contributed by atoms with E-state index in [1.807, 2.05) is 11.4 Å². The molecule has 3 aromatic rings. The molecule has 1 aliphatic heterocycles. The fraction of sp³-hybridized carbons (Fsp3) is 0.375. The van der Waals surface area contributed by atoms with E-state index in [-0.39, 0.29) is 5.56 Å². The van der Waals surface area contributed by atoms with Gasteiger partial charge in [-0.2, -0.15) is 5.10 Å². The zero-order valence-corrected chi connectivity index (χ0v) is 13.9. The Labute approximate surface area is 142 Å². The van der Waals surface area contributed by atoms with Gasteiger partial charge in [0.1, 0.15) is 22.8 Å². The highest BCUT2D eigenvalue weighted by molar-refractivity contribution is 7.16. The van der Waals surface area contributed by atoms with E-state index in [1.54, 1.807) is 23.7 Å². The van der Waals surface area contributed by atoms with E-state index < -0.39 is 0 Å². The quantitative estimate of drug-likeness (QED) is 0.756. The summed E-state index contributed by atoms with van der Waals surface area (Å²) in [5.74, 6) is 1.70. The van der Waals surface area contributed by atoms with Crippen LogP contribution in [0.4, 0.5) is 11.6 Å². The molecule has 2 N–H and O–H groups in total. The Kier molecular flexibility index (Phi) is 4.12. The predicted octanol–water partition coefficient (Wildman–Crippen LogP) is 2.25. The first-order valence-corrected chi connectivity index (χ1v) is 8.94. The molecule has 3 aromatic heterocycles. The summed E-state index contributed by atoms with van der Waals surface area (Å²) >= 11 is 1.62. The topological polar surface area (TPSA) is 86.8 Å².